The molecule has 1 aromatic carbocycles. The van der Waals surface area contributed by atoms with E-state index in [1.165, 1.54) is 10.7 Å². The number of nitrogens with zero attached hydrogens (tertiary/aromatic N) is 3. The van der Waals surface area contributed by atoms with E-state index in [1.54, 1.807) is 31.2 Å². The summed E-state index contributed by atoms with van der Waals surface area (Å²) in [5.74, 6) is 0.0287. The number of carbonyl (C=O) groups is 1. The van der Waals surface area contributed by atoms with Crippen LogP contribution in [0, 0.1) is 19.7 Å². The Morgan fingerprint density at radius 3 is 2.79 bits per heavy atom. The quantitative estimate of drug-likeness (QED) is 0.781. The molecule has 0 saturated heterocycles. The highest BCUT2D eigenvalue weighted by molar-refractivity contribution is 5.92. The minimum atomic E-state index is -0.392. The summed E-state index contributed by atoms with van der Waals surface area (Å²) in [6.07, 6.45) is 0.566. The number of halogens is 1. The first-order valence-corrected chi connectivity index (χ1v) is 7.56. The second kappa shape index (κ2) is 6.66. The van der Waals surface area contributed by atoms with E-state index in [0.717, 1.165) is 11.5 Å². The van der Waals surface area contributed by atoms with Gasteiger partial charge < -0.3 is 9.84 Å². The molecule has 24 heavy (non-hydrogen) atoms. The monoisotopic (exact) mass is 328 g/mol. The lowest BCUT2D eigenvalue weighted by Gasteiger charge is -2.05. The van der Waals surface area contributed by atoms with Crippen LogP contribution in [0.15, 0.2) is 40.9 Å². The molecule has 0 spiro atoms. The Morgan fingerprint density at radius 2 is 2.08 bits per heavy atom. The number of hydrogen-bond acceptors (Lipinski definition) is 4. The molecule has 0 unspecified atom stereocenters. The number of amides is 1. The fraction of sp³-hybridized carbons (Fsp3) is 0.235. The molecule has 6 nitrogen and oxygen atoms in total. The normalized spacial score (nSPS) is 10.8. The molecule has 0 bridgehead atoms. The van der Waals surface area contributed by atoms with E-state index in [4.69, 9.17) is 4.52 Å². The van der Waals surface area contributed by atoms with Crippen molar-refractivity contribution in [2.75, 3.05) is 6.54 Å². The molecule has 0 aliphatic rings. The Bertz CT molecular complexity index is 869. The van der Waals surface area contributed by atoms with E-state index in [1.807, 2.05) is 13.0 Å². The van der Waals surface area contributed by atoms with Gasteiger partial charge in [0.05, 0.1) is 5.69 Å². The zero-order valence-electron chi connectivity index (χ0n) is 13.4. The number of aromatic nitrogens is 3. The highest BCUT2D eigenvalue weighted by atomic mass is 19.1. The third-order valence-electron chi connectivity index (χ3n) is 3.54. The van der Waals surface area contributed by atoms with E-state index >= 15 is 0 Å². The largest absolute Gasteiger partial charge is 0.361 e. The molecule has 0 aliphatic heterocycles. The summed E-state index contributed by atoms with van der Waals surface area (Å²) in [5, 5.41) is 10.8. The topological polar surface area (TPSA) is 73.0 Å². The average molecular weight is 328 g/mol. The van der Waals surface area contributed by atoms with Gasteiger partial charge in [0.1, 0.15) is 17.3 Å². The zero-order chi connectivity index (χ0) is 17.1. The lowest BCUT2D eigenvalue weighted by molar-refractivity contribution is 0.0948. The van der Waals surface area contributed by atoms with Crippen molar-refractivity contribution < 1.29 is 13.7 Å². The summed E-state index contributed by atoms with van der Waals surface area (Å²) in [5.41, 5.74) is 2.01. The van der Waals surface area contributed by atoms with Gasteiger partial charge in [-0.2, -0.15) is 5.10 Å². The average Bonchev–Trinajstić information content (AvgIpc) is 3.14. The van der Waals surface area contributed by atoms with Gasteiger partial charge in [-0.15, -0.1) is 0 Å². The van der Waals surface area contributed by atoms with Crippen molar-refractivity contribution in [1.29, 1.82) is 0 Å². The molecule has 0 fully saturated rings. The van der Waals surface area contributed by atoms with Crippen LogP contribution in [0.5, 0.6) is 0 Å². The molecule has 1 N–H and O–H groups in total. The minimum absolute atomic E-state index is 0.243. The number of rotatable bonds is 5. The van der Waals surface area contributed by atoms with Crippen LogP contribution in [-0.2, 0) is 6.42 Å². The number of carbonyl (C=O) groups excluding carboxylic acids is 1. The molecule has 3 aromatic rings. The second-order valence-electron chi connectivity index (χ2n) is 5.47. The third-order valence-corrected chi connectivity index (χ3v) is 3.54. The van der Waals surface area contributed by atoms with Crippen LogP contribution in [0.25, 0.3) is 5.69 Å². The molecule has 0 atom stereocenters. The molecule has 7 heteroatoms. The Kier molecular flexibility index (Phi) is 4.41. The van der Waals surface area contributed by atoms with Crippen LogP contribution in [0.1, 0.15) is 27.6 Å². The molecular weight excluding hydrogens is 311 g/mol. The summed E-state index contributed by atoms with van der Waals surface area (Å²) < 4.78 is 20.3. The van der Waals surface area contributed by atoms with Crippen molar-refractivity contribution in [3.8, 4) is 5.69 Å². The van der Waals surface area contributed by atoms with Gasteiger partial charge in [0.25, 0.3) is 5.91 Å². The van der Waals surface area contributed by atoms with Gasteiger partial charge in [-0.05, 0) is 32.0 Å². The minimum Gasteiger partial charge on any atom is -0.361 e. The van der Waals surface area contributed by atoms with Gasteiger partial charge in [0.2, 0.25) is 0 Å². The first kappa shape index (κ1) is 15.9. The van der Waals surface area contributed by atoms with Crippen LogP contribution in [0.3, 0.4) is 0 Å². The van der Waals surface area contributed by atoms with E-state index < -0.39 is 5.82 Å². The number of hydrogen-bond donors (Lipinski definition) is 1. The third kappa shape index (κ3) is 3.34. The van der Waals surface area contributed by atoms with E-state index in [0.29, 0.717) is 24.3 Å². The van der Waals surface area contributed by atoms with Crippen LogP contribution in [-0.4, -0.2) is 27.4 Å². The fourth-order valence-electron chi connectivity index (χ4n) is 2.38. The summed E-state index contributed by atoms with van der Waals surface area (Å²) in [6.45, 7) is 4.00. The van der Waals surface area contributed by atoms with Crippen molar-refractivity contribution in [1.82, 2.24) is 20.3 Å². The molecule has 2 heterocycles. The number of aryl methyl sites for hydroxylation is 2. The molecule has 124 valence electrons. The zero-order valence-corrected chi connectivity index (χ0v) is 13.4. The molecule has 2 aromatic heterocycles. The Balaban J connectivity index is 1.68. The molecule has 1 amide bonds. The van der Waals surface area contributed by atoms with Crippen LogP contribution in [0.2, 0.25) is 0 Å². The summed E-state index contributed by atoms with van der Waals surface area (Å²) >= 11 is 0. The van der Waals surface area contributed by atoms with Gasteiger partial charge in [-0.3, -0.25) is 4.79 Å². The lowest BCUT2D eigenvalue weighted by atomic mass is 10.3. The van der Waals surface area contributed by atoms with E-state index in [2.05, 4.69) is 15.6 Å². The maximum Gasteiger partial charge on any atom is 0.271 e. The first-order valence-electron chi connectivity index (χ1n) is 7.56. The summed E-state index contributed by atoms with van der Waals surface area (Å²) in [4.78, 5) is 12.2. The van der Waals surface area contributed by atoms with Crippen LogP contribution >= 0.6 is 0 Å². The fourth-order valence-corrected chi connectivity index (χ4v) is 2.38. The smallest absolute Gasteiger partial charge is 0.271 e. The van der Waals surface area contributed by atoms with Crippen LogP contribution in [0.4, 0.5) is 4.39 Å². The maximum absolute atomic E-state index is 13.9. The molecule has 3 rings (SSSR count). The lowest BCUT2D eigenvalue weighted by Crippen LogP contribution is -2.26. The Morgan fingerprint density at radius 1 is 1.29 bits per heavy atom. The molecular formula is C17H17FN4O2. The van der Waals surface area contributed by atoms with Crippen molar-refractivity contribution in [3.05, 3.63) is 65.1 Å². The van der Waals surface area contributed by atoms with Gasteiger partial charge in [-0.1, -0.05) is 17.3 Å². The summed E-state index contributed by atoms with van der Waals surface area (Å²) in [6, 6.07) is 9.75. The van der Waals surface area contributed by atoms with Gasteiger partial charge >= 0.3 is 0 Å². The van der Waals surface area contributed by atoms with Gasteiger partial charge in [0, 0.05) is 24.7 Å². The van der Waals surface area contributed by atoms with Crippen LogP contribution < -0.4 is 5.32 Å². The van der Waals surface area contributed by atoms with E-state index in [-0.39, 0.29) is 11.6 Å². The highest BCUT2D eigenvalue weighted by Crippen LogP contribution is 2.15. The molecule has 0 saturated carbocycles. The SMILES string of the molecule is Cc1cc(CCNC(=O)c2cc(C)n(-c3ccccc3F)n2)no1. The molecule has 0 radical (unpaired) electrons. The van der Waals surface area contributed by atoms with E-state index in [9.17, 15) is 9.18 Å². The maximum atomic E-state index is 13.9. The number of benzene rings is 1. The number of nitrogens with one attached hydrogen (secondary N) is 1. The van der Waals surface area contributed by atoms with Crippen molar-refractivity contribution in [2.24, 2.45) is 0 Å². The van der Waals surface area contributed by atoms with Gasteiger partial charge in [0.15, 0.2) is 5.69 Å². The predicted molar refractivity (Wildman–Crippen MR) is 85.5 cm³/mol. The molecule has 0 aliphatic carbocycles. The highest BCUT2D eigenvalue weighted by Gasteiger charge is 2.15. The summed E-state index contributed by atoms with van der Waals surface area (Å²) in [7, 11) is 0. The first-order chi connectivity index (χ1) is 11.5. The predicted octanol–water partition coefficient (Wildman–Crippen LogP) is 2.59. The van der Waals surface area contributed by atoms with Crippen molar-refractivity contribution in [3.63, 3.8) is 0 Å². The standard InChI is InChI=1S/C17H17FN4O2/c1-11-9-15(20-22(11)16-6-4-3-5-14(16)18)17(23)19-8-7-13-10-12(2)24-21-13/h3-6,9-10H,7-8H2,1-2H3,(H,19,23). The van der Waals surface area contributed by atoms with Gasteiger partial charge in [-0.25, -0.2) is 9.07 Å². The van der Waals surface area contributed by atoms with Crippen molar-refractivity contribution in [2.45, 2.75) is 20.3 Å². The second-order valence-corrected chi connectivity index (χ2v) is 5.47. The number of para-hydroxylation sites is 1. The Labute approximate surface area is 138 Å². The van der Waals surface area contributed by atoms with Crippen molar-refractivity contribution >= 4 is 5.91 Å². The Hall–Kier alpha value is -2.96.